The monoisotopic (exact) mass is 320 g/mol. The Morgan fingerprint density at radius 3 is 2.81 bits per heavy atom. The van der Waals surface area contributed by atoms with Gasteiger partial charge in [-0.3, -0.25) is 4.79 Å². The Hall–Kier alpha value is -2.04. The molecule has 0 saturated heterocycles. The number of para-hydroxylation sites is 1. The quantitative estimate of drug-likeness (QED) is 0.798. The molecule has 1 aromatic heterocycles. The topological polar surface area (TPSA) is 55.0 Å². The van der Waals surface area contributed by atoms with Gasteiger partial charge in [0.15, 0.2) is 0 Å². The average Bonchev–Trinajstić information content (AvgIpc) is 2.48. The second-order valence-corrected chi connectivity index (χ2v) is 5.24. The molecule has 4 nitrogen and oxygen atoms in total. The van der Waals surface area contributed by atoms with Gasteiger partial charge >= 0.3 is 0 Å². The summed E-state index contributed by atoms with van der Waals surface area (Å²) in [7, 11) is 0. The summed E-state index contributed by atoms with van der Waals surface area (Å²) in [5.74, 6) is 0.870. The number of hydrogen-bond donors (Lipinski definition) is 1. The normalized spacial score (nSPS) is 10.8. The minimum absolute atomic E-state index is 0.0974. The first-order chi connectivity index (χ1) is 10.1. The first-order valence-electron chi connectivity index (χ1n) is 6.19. The van der Waals surface area contributed by atoms with Crippen molar-refractivity contribution in [3.8, 4) is 5.75 Å². The van der Waals surface area contributed by atoms with E-state index in [-0.39, 0.29) is 12.2 Å². The van der Waals surface area contributed by atoms with Gasteiger partial charge in [-0.2, -0.15) is 0 Å². The van der Waals surface area contributed by atoms with Crippen LogP contribution in [0.3, 0.4) is 0 Å². The van der Waals surface area contributed by atoms with Crippen LogP contribution in [0.15, 0.2) is 47.3 Å². The second-order valence-electron chi connectivity index (χ2n) is 4.39. The predicted octanol–water partition coefficient (Wildman–Crippen LogP) is 3.81. The Labute approximate surface area is 130 Å². The molecule has 0 unspecified atom stereocenters. The summed E-state index contributed by atoms with van der Waals surface area (Å²) in [5.41, 5.74) is 0.424. The highest BCUT2D eigenvalue weighted by molar-refractivity contribution is 6.34. The number of nitrogens with zero attached hydrogens (tertiary/aromatic N) is 1. The molecular weight excluding hydrogens is 311 g/mol. The molecule has 106 valence electrons. The third-order valence-electron chi connectivity index (χ3n) is 2.92. The summed E-state index contributed by atoms with van der Waals surface area (Å²) in [5, 5.41) is 1.51. The van der Waals surface area contributed by atoms with E-state index in [1.54, 1.807) is 36.4 Å². The molecule has 2 aromatic carbocycles. The van der Waals surface area contributed by atoms with Crippen LogP contribution in [-0.2, 0) is 6.61 Å². The lowest BCUT2D eigenvalue weighted by Crippen LogP contribution is -2.13. The molecule has 3 aromatic rings. The number of halogens is 2. The fraction of sp³-hybridized carbons (Fsp3) is 0.0667. The fourth-order valence-corrected chi connectivity index (χ4v) is 2.27. The Bertz CT molecular complexity index is 862. The van der Waals surface area contributed by atoms with Crippen molar-refractivity contribution in [2.75, 3.05) is 0 Å². The van der Waals surface area contributed by atoms with Crippen LogP contribution in [0.1, 0.15) is 5.82 Å². The van der Waals surface area contributed by atoms with Gasteiger partial charge in [0.25, 0.3) is 5.56 Å². The van der Waals surface area contributed by atoms with E-state index in [2.05, 4.69) is 9.97 Å². The molecule has 0 saturated carbocycles. The lowest BCUT2D eigenvalue weighted by molar-refractivity contribution is 0.296. The Morgan fingerprint density at radius 2 is 1.95 bits per heavy atom. The third-order valence-corrected chi connectivity index (χ3v) is 3.47. The average molecular weight is 321 g/mol. The number of aromatic amines is 1. The number of fused-ring (bicyclic) bond motifs is 1. The minimum atomic E-state index is -0.198. The van der Waals surface area contributed by atoms with Gasteiger partial charge in [0.2, 0.25) is 0 Å². The molecule has 0 radical (unpaired) electrons. The zero-order valence-electron chi connectivity index (χ0n) is 10.8. The molecule has 0 aliphatic heterocycles. The number of hydrogen-bond acceptors (Lipinski definition) is 3. The van der Waals surface area contributed by atoms with E-state index >= 15 is 0 Å². The van der Waals surface area contributed by atoms with Gasteiger partial charge in [-0.1, -0.05) is 35.3 Å². The van der Waals surface area contributed by atoms with Crippen molar-refractivity contribution < 1.29 is 4.74 Å². The van der Waals surface area contributed by atoms with Crippen LogP contribution in [-0.4, -0.2) is 9.97 Å². The lowest BCUT2D eigenvalue weighted by atomic mass is 10.2. The van der Waals surface area contributed by atoms with Crippen LogP contribution in [0.2, 0.25) is 10.0 Å². The first kappa shape index (κ1) is 13.9. The van der Waals surface area contributed by atoms with Crippen molar-refractivity contribution in [2.45, 2.75) is 6.61 Å². The van der Waals surface area contributed by atoms with Crippen molar-refractivity contribution >= 4 is 34.1 Å². The number of rotatable bonds is 3. The van der Waals surface area contributed by atoms with Crippen molar-refractivity contribution in [3.05, 3.63) is 68.7 Å². The second kappa shape index (κ2) is 5.76. The molecule has 0 spiro atoms. The third kappa shape index (κ3) is 3.01. The molecule has 0 aliphatic rings. The van der Waals surface area contributed by atoms with Crippen LogP contribution in [0.25, 0.3) is 10.9 Å². The van der Waals surface area contributed by atoms with E-state index in [9.17, 15) is 4.79 Å². The summed E-state index contributed by atoms with van der Waals surface area (Å²) in [6.07, 6.45) is 0. The summed E-state index contributed by atoms with van der Waals surface area (Å²) in [6.45, 7) is 0.0974. The van der Waals surface area contributed by atoms with Crippen LogP contribution < -0.4 is 10.3 Å². The number of benzene rings is 2. The van der Waals surface area contributed by atoms with Crippen LogP contribution >= 0.6 is 23.2 Å². The largest absolute Gasteiger partial charge is 0.484 e. The Kier molecular flexibility index (Phi) is 3.82. The molecule has 0 fully saturated rings. The molecule has 6 heteroatoms. The SMILES string of the molecule is O=c1[nH]c(COc2cc(Cl)ccc2Cl)nc2ccccc12. The van der Waals surface area contributed by atoms with Gasteiger partial charge in [-0.15, -0.1) is 0 Å². The summed E-state index contributed by atoms with van der Waals surface area (Å²) >= 11 is 11.9. The van der Waals surface area contributed by atoms with E-state index in [1.807, 2.05) is 6.07 Å². The Balaban J connectivity index is 1.88. The summed E-state index contributed by atoms with van der Waals surface area (Å²) in [4.78, 5) is 19.0. The summed E-state index contributed by atoms with van der Waals surface area (Å²) in [6, 6.07) is 12.1. The molecule has 3 rings (SSSR count). The maximum absolute atomic E-state index is 11.9. The van der Waals surface area contributed by atoms with Crippen LogP contribution in [0, 0.1) is 0 Å². The standard InChI is InChI=1S/C15H10Cl2N2O2/c16-9-5-6-11(17)13(7-9)21-8-14-18-12-4-2-1-3-10(12)15(20)19-14/h1-7H,8H2,(H,18,19,20). The molecule has 0 aliphatic carbocycles. The van der Waals surface area contributed by atoms with Crippen molar-refractivity contribution in [1.29, 1.82) is 0 Å². The molecule has 0 amide bonds. The van der Waals surface area contributed by atoms with E-state index in [1.165, 1.54) is 0 Å². The molecule has 21 heavy (non-hydrogen) atoms. The van der Waals surface area contributed by atoms with Gasteiger partial charge in [0.05, 0.1) is 15.9 Å². The van der Waals surface area contributed by atoms with Gasteiger partial charge in [-0.05, 0) is 24.3 Å². The smallest absolute Gasteiger partial charge is 0.258 e. The molecule has 0 bridgehead atoms. The van der Waals surface area contributed by atoms with E-state index < -0.39 is 0 Å². The highest BCUT2D eigenvalue weighted by Gasteiger charge is 2.06. The van der Waals surface area contributed by atoms with Gasteiger partial charge in [0, 0.05) is 11.1 Å². The zero-order valence-corrected chi connectivity index (χ0v) is 12.3. The van der Waals surface area contributed by atoms with E-state index in [4.69, 9.17) is 27.9 Å². The fourth-order valence-electron chi connectivity index (χ4n) is 1.94. The maximum Gasteiger partial charge on any atom is 0.258 e. The van der Waals surface area contributed by atoms with E-state index in [0.717, 1.165) is 0 Å². The minimum Gasteiger partial charge on any atom is -0.484 e. The van der Waals surface area contributed by atoms with E-state index in [0.29, 0.717) is 32.5 Å². The molecule has 0 atom stereocenters. The number of H-pyrrole nitrogens is 1. The number of ether oxygens (including phenoxy) is 1. The lowest BCUT2D eigenvalue weighted by Gasteiger charge is -2.08. The van der Waals surface area contributed by atoms with Crippen LogP contribution in [0.5, 0.6) is 5.75 Å². The van der Waals surface area contributed by atoms with Gasteiger partial charge in [0.1, 0.15) is 18.2 Å². The highest BCUT2D eigenvalue weighted by Crippen LogP contribution is 2.28. The van der Waals surface area contributed by atoms with Crippen molar-refractivity contribution in [1.82, 2.24) is 9.97 Å². The van der Waals surface area contributed by atoms with Crippen molar-refractivity contribution in [2.24, 2.45) is 0 Å². The number of nitrogens with one attached hydrogen (secondary N) is 1. The van der Waals surface area contributed by atoms with Crippen LogP contribution in [0.4, 0.5) is 0 Å². The zero-order chi connectivity index (χ0) is 14.8. The highest BCUT2D eigenvalue weighted by atomic mass is 35.5. The number of aromatic nitrogens is 2. The van der Waals surface area contributed by atoms with Crippen molar-refractivity contribution in [3.63, 3.8) is 0 Å². The van der Waals surface area contributed by atoms with Gasteiger partial charge < -0.3 is 9.72 Å². The van der Waals surface area contributed by atoms with Gasteiger partial charge in [-0.25, -0.2) is 4.98 Å². The molecular formula is C15H10Cl2N2O2. The predicted molar refractivity (Wildman–Crippen MR) is 83.2 cm³/mol. The molecule has 1 N–H and O–H groups in total. The molecule has 1 heterocycles. The first-order valence-corrected chi connectivity index (χ1v) is 6.95. The maximum atomic E-state index is 11.9. The Morgan fingerprint density at radius 1 is 1.14 bits per heavy atom. The summed E-state index contributed by atoms with van der Waals surface area (Å²) < 4.78 is 5.56.